The minimum atomic E-state index is -4.75. The van der Waals surface area contributed by atoms with Gasteiger partial charge in [-0.15, -0.1) is 13.2 Å². The highest BCUT2D eigenvalue weighted by Gasteiger charge is 2.33. The number of alkyl halides is 3. The Labute approximate surface area is 174 Å². The van der Waals surface area contributed by atoms with Gasteiger partial charge in [-0.1, -0.05) is 31.0 Å². The first-order chi connectivity index (χ1) is 14.4. The second-order valence-corrected chi connectivity index (χ2v) is 7.75. The molecule has 1 aromatic rings. The first-order valence-electron chi connectivity index (χ1n) is 10.5. The lowest BCUT2D eigenvalue weighted by atomic mass is 10.1. The van der Waals surface area contributed by atoms with E-state index in [-0.39, 0.29) is 30.2 Å². The third-order valence-electron chi connectivity index (χ3n) is 5.50. The second-order valence-electron chi connectivity index (χ2n) is 7.75. The number of guanidine groups is 1. The fourth-order valence-corrected chi connectivity index (χ4v) is 4.05. The SMILES string of the molecule is CCNC(=NCc1ccccc1OC(F)(F)F)NC1CCN(C(=O)C2CCCC2)C1. The van der Waals surface area contributed by atoms with Crippen LogP contribution in [-0.4, -0.2) is 48.8 Å². The highest BCUT2D eigenvalue weighted by atomic mass is 19.4. The number of aliphatic imine (C=N–C) groups is 1. The van der Waals surface area contributed by atoms with E-state index >= 15 is 0 Å². The van der Waals surface area contributed by atoms with Crippen molar-refractivity contribution in [3.8, 4) is 5.75 Å². The first kappa shape index (κ1) is 22.2. The number of nitrogens with zero attached hydrogens (tertiary/aromatic N) is 2. The van der Waals surface area contributed by atoms with E-state index in [1.54, 1.807) is 12.1 Å². The Morgan fingerprint density at radius 1 is 1.23 bits per heavy atom. The minimum absolute atomic E-state index is 0.0407. The number of benzene rings is 1. The Hall–Kier alpha value is -2.45. The van der Waals surface area contributed by atoms with Crippen molar-refractivity contribution in [2.24, 2.45) is 10.9 Å². The van der Waals surface area contributed by atoms with Crippen LogP contribution in [0, 0.1) is 5.92 Å². The summed E-state index contributed by atoms with van der Waals surface area (Å²) in [5.74, 6) is 0.672. The van der Waals surface area contributed by atoms with Crippen LogP contribution in [0.2, 0.25) is 0 Å². The lowest BCUT2D eigenvalue weighted by Gasteiger charge is -2.21. The van der Waals surface area contributed by atoms with Crippen LogP contribution in [0.15, 0.2) is 29.3 Å². The lowest BCUT2D eigenvalue weighted by molar-refractivity contribution is -0.274. The molecule has 1 aliphatic carbocycles. The van der Waals surface area contributed by atoms with Gasteiger partial charge in [0.1, 0.15) is 5.75 Å². The molecule has 3 rings (SSSR count). The summed E-state index contributed by atoms with van der Waals surface area (Å²) in [6.07, 6.45) is 0.289. The normalized spacial score (nSPS) is 20.5. The third-order valence-corrected chi connectivity index (χ3v) is 5.50. The van der Waals surface area contributed by atoms with Crippen LogP contribution >= 0.6 is 0 Å². The van der Waals surface area contributed by atoms with Gasteiger partial charge in [0.2, 0.25) is 5.91 Å². The maximum absolute atomic E-state index is 12.6. The lowest BCUT2D eigenvalue weighted by Crippen LogP contribution is -2.45. The summed E-state index contributed by atoms with van der Waals surface area (Å²) in [6, 6.07) is 6.05. The third kappa shape index (κ3) is 6.27. The van der Waals surface area contributed by atoms with Crippen molar-refractivity contribution in [2.45, 2.75) is 58.0 Å². The van der Waals surface area contributed by atoms with Crippen LogP contribution in [0.3, 0.4) is 0 Å². The fraction of sp³-hybridized carbons (Fsp3) is 0.619. The number of hydrogen-bond donors (Lipinski definition) is 2. The molecule has 2 aliphatic rings. The van der Waals surface area contributed by atoms with Gasteiger partial charge in [0.25, 0.3) is 0 Å². The Kier molecular flexibility index (Phi) is 7.44. The van der Waals surface area contributed by atoms with E-state index in [2.05, 4.69) is 20.4 Å². The molecule has 0 radical (unpaired) electrons. The molecule has 2 N–H and O–H groups in total. The van der Waals surface area contributed by atoms with Crippen molar-refractivity contribution in [2.75, 3.05) is 19.6 Å². The maximum Gasteiger partial charge on any atom is 0.573 e. The van der Waals surface area contributed by atoms with Gasteiger partial charge in [0.15, 0.2) is 5.96 Å². The monoisotopic (exact) mass is 426 g/mol. The zero-order valence-corrected chi connectivity index (χ0v) is 17.2. The van der Waals surface area contributed by atoms with Crippen LogP contribution in [0.1, 0.15) is 44.6 Å². The van der Waals surface area contributed by atoms with E-state index in [0.29, 0.717) is 31.2 Å². The predicted octanol–water partition coefficient (Wildman–Crippen LogP) is 3.43. The van der Waals surface area contributed by atoms with Crippen LogP contribution < -0.4 is 15.4 Å². The van der Waals surface area contributed by atoms with Crippen LogP contribution in [-0.2, 0) is 11.3 Å². The van der Waals surface area contributed by atoms with Crippen molar-refractivity contribution >= 4 is 11.9 Å². The van der Waals surface area contributed by atoms with Crippen molar-refractivity contribution in [1.29, 1.82) is 0 Å². The molecule has 1 unspecified atom stereocenters. The summed E-state index contributed by atoms with van der Waals surface area (Å²) in [4.78, 5) is 19.0. The summed E-state index contributed by atoms with van der Waals surface area (Å²) in [7, 11) is 0. The van der Waals surface area contributed by atoms with Gasteiger partial charge < -0.3 is 20.3 Å². The van der Waals surface area contributed by atoms with Crippen LogP contribution in [0.4, 0.5) is 13.2 Å². The molecule has 1 atom stereocenters. The van der Waals surface area contributed by atoms with Gasteiger partial charge >= 0.3 is 6.36 Å². The maximum atomic E-state index is 12.6. The van der Waals surface area contributed by atoms with Gasteiger partial charge in [0, 0.05) is 37.2 Å². The van der Waals surface area contributed by atoms with Gasteiger partial charge in [-0.3, -0.25) is 4.79 Å². The van der Waals surface area contributed by atoms with E-state index in [1.165, 1.54) is 12.1 Å². The number of likely N-dealkylation sites (tertiary alicyclic amines) is 1. The van der Waals surface area contributed by atoms with E-state index in [4.69, 9.17) is 0 Å². The smallest absolute Gasteiger partial charge is 0.405 e. The number of carbonyl (C=O) groups is 1. The Morgan fingerprint density at radius 2 is 1.97 bits per heavy atom. The van der Waals surface area contributed by atoms with Gasteiger partial charge in [-0.25, -0.2) is 4.99 Å². The molecule has 166 valence electrons. The molecule has 30 heavy (non-hydrogen) atoms. The van der Waals surface area contributed by atoms with Crippen LogP contribution in [0.5, 0.6) is 5.75 Å². The minimum Gasteiger partial charge on any atom is -0.405 e. The summed E-state index contributed by atoms with van der Waals surface area (Å²) in [5, 5.41) is 6.43. The fourth-order valence-electron chi connectivity index (χ4n) is 4.05. The predicted molar refractivity (Wildman–Crippen MR) is 108 cm³/mol. The van der Waals surface area contributed by atoms with E-state index in [9.17, 15) is 18.0 Å². The molecule has 1 aromatic carbocycles. The second kappa shape index (κ2) is 10.0. The van der Waals surface area contributed by atoms with Crippen LogP contribution in [0.25, 0.3) is 0 Å². The molecule has 2 fully saturated rings. The molecule has 1 aliphatic heterocycles. The number of halogens is 3. The number of amides is 1. The highest BCUT2D eigenvalue weighted by Crippen LogP contribution is 2.28. The number of hydrogen-bond acceptors (Lipinski definition) is 3. The molecular formula is C21H29F3N4O2. The summed E-state index contributed by atoms with van der Waals surface area (Å²) < 4.78 is 41.9. The zero-order chi connectivity index (χ0) is 21.6. The van der Waals surface area contributed by atoms with E-state index < -0.39 is 6.36 Å². The molecule has 1 amide bonds. The Balaban J connectivity index is 1.60. The molecule has 6 nitrogen and oxygen atoms in total. The van der Waals surface area contributed by atoms with E-state index in [0.717, 1.165) is 32.1 Å². The largest absolute Gasteiger partial charge is 0.573 e. The van der Waals surface area contributed by atoms with Crippen molar-refractivity contribution in [3.05, 3.63) is 29.8 Å². The van der Waals surface area contributed by atoms with Crippen molar-refractivity contribution in [3.63, 3.8) is 0 Å². The molecule has 1 heterocycles. The Bertz CT molecular complexity index is 748. The molecule has 0 bridgehead atoms. The molecular weight excluding hydrogens is 397 g/mol. The molecule has 0 aromatic heterocycles. The number of rotatable bonds is 6. The summed E-state index contributed by atoms with van der Waals surface area (Å²) in [5.41, 5.74) is 0.344. The number of nitrogens with one attached hydrogen (secondary N) is 2. The average Bonchev–Trinajstić information content (AvgIpc) is 3.38. The van der Waals surface area contributed by atoms with Gasteiger partial charge in [-0.05, 0) is 32.3 Å². The standard InChI is InChI=1S/C21H29F3N4O2/c1-2-25-20(26-13-16-9-5-6-10-18(16)30-21(22,23)24)27-17-11-12-28(14-17)19(29)15-7-3-4-8-15/h5-6,9-10,15,17H,2-4,7-8,11-14H2,1H3,(H2,25,26,27). The van der Waals surface area contributed by atoms with Gasteiger partial charge in [-0.2, -0.15) is 0 Å². The zero-order valence-electron chi connectivity index (χ0n) is 17.2. The topological polar surface area (TPSA) is 66.0 Å². The van der Waals surface area contributed by atoms with E-state index in [1.807, 2.05) is 11.8 Å². The highest BCUT2D eigenvalue weighted by molar-refractivity contribution is 5.81. The van der Waals surface area contributed by atoms with Crippen molar-refractivity contribution < 1.29 is 22.7 Å². The van der Waals surface area contributed by atoms with Gasteiger partial charge in [0.05, 0.1) is 6.54 Å². The molecule has 1 saturated heterocycles. The number of para-hydroxylation sites is 1. The first-order valence-corrected chi connectivity index (χ1v) is 10.5. The summed E-state index contributed by atoms with van der Waals surface area (Å²) in [6.45, 7) is 3.91. The molecule has 0 spiro atoms. The number of carbonyl (C=O) groups excluding carboxylic acids is 1. The molecule has 9 heteroatoms. The molecule has 1 saturated carbocycles. The average molecular weight is 426 g/mol. The number of ether oxygens (including phenoxy) is 1. The summed E-state index contributed by atoms with van der Waals surface area (Å²) >= 11 is 0. The Morgan fingerprint density at radius 3 is 2.67 bits per heavy atom. The van der Waals surface area contributed by atoms with Crippen molar-refractivity contribution in [1.82, 2.24) is 15.5 Å². The quantitative estimate of drug-likeness (QED) is 0.540.